The van der Waals surface area contributed by atoms with Gasteiger partial charge in [-0.25, -0.2) is 4.98 Å². The number of hydrogen-bond acceptors (Lipinski definition) is 2. The highest BCUT2D eigenvalue weighted by Gasteiger charge is 2.09. The number of fused-ring (bicyclic) bond motifs is 1. The Morgan fingerprint density at radius 3 is 2.67 bits per heavy atom. The monoisotopic (exact) mass is 317 g/mol. The molecule has 0 fully saturated rings. The predicted octanol–water partition coefficient (Wildman–Crippen LogP) is 3.03. The number of carbonyl (C=O) groups excluding carboxylic acids is 1. The first-order valence-electron chi connectivity index (χ1n) is 8.00. The molecule has 3 rings (SSSR count). The molecule has 0 unspecified atom stereocenters. The Labute approximate surface area is 141 Å². The molecule has 0 aliphatic heterocycles. The zero-order valence-corrected chi connectivity index (χ0v) is 13.4. The number of benzene rings is 2. The fourth-order valence-corrected chi connectivity index (χ4v) is 2.72. The lowest BCUT2D eigenvalue weighted by molar-refractivity contribution is 0.0953. The Morgan fingerprint density at radius 1 is 1.12 bits per heavy atom. The average molecular weight is 317 g/mol. The Bertz CT molecular complexity index is 875. The summed E-state index contributed by atoms with van der Waals surface area (Å²) >= 11 is 0. The van der Waals surface area contributed by atoms with E-state index in [4.69, 9.17) is 6.42 Å². The van der Waals surface area contributed by atoms with Gasteiger partial charge in [-0.3, -0.25) is 4.79 Å². The van der Waals surface area contributed by atoms with Crippen LogP contribution >= 0.6 is 0 Å². The Kier molecular flexibility index (Phi) is 4.93. The molecule has 4 nitrogen and oxygen atoms in total. The van der Waals surface area contributed by atoms with Gasteiger partial charge in [0, 0.05) is 18.5 Å². The highest BCUT2D eigenvalue weighted by molar-refractivity contribution is 5.94. The summed E-state index contributed by atoms with van der Waals surface area (Å²) in [6, 6.07) is 17.2. The van der Waals surface area contributed by atoms with Gasteiger partial charge in [-0.15, -0.1) is 6.42 Å². The maximum Gasteiger partial charge on any atom is 0.251 e. The third kappa shape index (κ3) is 3.47. The van der Waals surface area contributed by atoms with Crippen molar-refractivity contribution >= 4 is 16.9 Å². The summed E-state index contributed by atoms with van der Waals surface area (Å²) in [4.78, 5) is 16.7. The van der Waals surface area contributed by atoms with Crippen LogP contribution in [0.5, 0.6) is 0 Å². The van der Waals surface area contributed by atoms with E-state index in [9.17, 15) is 4.79 Å². The van der Waals surface area contributed by atoms with E-state index in [0.717, 1.165) is 29.7 Å². The number of imidazole rings is 1. The molecule has 3 aromatic rings. The SMILES string of the molecule is C#CCn1c(CCCNC(=O)c2ccccc2)nc2ccccc21. The van der Waals surface area contributed by atoms with Crippen LogP contribution in [0.4, 0.5) is 0 Å². The van der Waals surface area contributed by atoms with Crippen LogP contribution in [0, 0.1) is 12.3 Å². The van der Waals surface area contributed by atoms with Crippen LogP contribution in [0.1, 0.15) is 22.6 Å². The van der Waals surface area contributed by atoms with Gasteiger partial charge in [0.2, 0.25) is 0 Å². The number of para-hydroxylation sites is 2. The largest absolute Gasteiger partial charge is 0.352 e. The molecule has 4 heteroatoms. The Hall–Kier alpha value is -3.06. The molecule has 0 radical (unpaired) electrons. The van der Waals surface area contributed by atoms with Crippen molar-refractivity contribution in [3.05, 3.63) is 66.0 Å². The fourth-order valence-electron chi connectivity index (χ4n) is 2.72. The van der Waals surface area contributed by atoms with Crippen molar-refractivity contribution in [2.45, 2.75) is 19.4 Å². The third-order valence-corrected chi connectivity index (χ3v) is 3.88. The van der Waals surface area contributed by atoms with E-state index in [-0.39, 0.29) is 5.91 Å². The minimum atomic E-state index is -0.0484. The number of rotatable bonds is 6. The average Bonchev–Trinajstić information content (AvgIpc) is 2.97. The van der Waals surface area contributed by atoms with Crippen molar-refractivity contribution in [3.8, 4) is 12.3 Å². The second kappa shape index (κ2) is 7.47. The lowest BCUT2D eigenvalue weighted by Gasteiger charge is -2.07. The molecule has 0 bridgehead atoms. The van der Waals surface area contributed by atoms with Crippen molar-refractivity contribution in [1.82, 2.24) is 14.9 Å². The molecule has 1 amide bonds. The minimum Gasteiger partial charge on any atom is -0.352 e. The van der Waals surface area contributed by atoms with Crippen LogP contribution in [-0.2, 0) is 13.0 Å². The highest BCUT2D eigenvalue weighted by atomic mass is 16.1. The van der Waals surface area contributed by atoms with E-state index in [2.05, 4.69) is 20.8 Å². The van der Waals surface area contributed by atoms with Gasteiger partial charge < -0.3 is 9.88 Å². The van der Waals surface area contributed by atoms with Crippen LogP contribution in [0.2, 0.25) is 0 Å². The molecule has 120 valence electrons. The molecule has 24 heavy (non-hydrogen) atoms. The number of aryl methyl sites for hydroxylation is 1. The second-order valence-corrected chi connectivity index (χ2v) is 5.53. The first kappa shape index (κ1) is 15.8. The van der Waals surface area contributed by atoms with Gasteiger partial charge >= 0.3 is 0 Å². The summed E-state index contributed by atoms with van der Waals surface area (Å²) in [5, 5.41) is 2.94. The Balaban J connectivity index is 1.61. The molecule has 0 saturated heterocycles. The normalized spacial score (nSPS) is 10.5. The molecule has 1 heterocycles. The lowest BCUT2D eigenvalue weighted by Crippen LogP contribution is -2.24. The van der Waals surface area contributed by atoms with Crippen molar-refractivity contribution in [3.63, 3.8) is 0 Å². The second-order valence-electron chi connectivity index (χ2n) is 5.53. The molecular weight excluding hydrogens is 298 g/mol. The maximum atomic E-state index is 12.0. The van der Waals surface area contributed by atoms with E-state index in [0.29, 0.717) is 18.7 Å². The van der Waals surface area contributed by atoms with Crippen LogP contribution in [-0.4, -0.2) is 22.0 Å². The summed E-state index contributed by atoms with van der Waals surface area (Å²) in [5.74, 6) is 3.60. The maximum absolute atomic E-state index is 12.0. The van der Waals surface area contributed by atoms with E-state index in [1.807, 2.05) is 54.6 Å². The van der Waals surface area contributed by atoms with Gasteiger partial charge in [0.05, 0.1) is 17.6 Å². The lowest BCUT2D eigenvalue weighted by atomic mass is 10.2. The summed E-state index contributed by atoms with van der Waals surface area (Å²) in [7, 11) is 0. The van der Waals surface area contributed by atoms with E-state index >= 15 is 0 Å². The number of nitrogens with one attached hydrogen (secondary N) is 1. The van der Waals surface area contributed by atoms with Gasteiger partial charge in [0.15, 0.2) is 0 Å². The summed E-state index contributed by atoms with van der Waals surface area (Å²) < 4.78 is 2.06. The summed E-state index contributed by atoms with van der Waals surface area (Å²) in [6.45, 7) is 1.11. The van der Waals surface area contributed by atoms with Crippen molar-refractivity contribution < 1.29 is 4.79 Å². The number of nitrogens with zero attached hydrogens (tertiary/aromatic N) is 2. The smallest absolute Gasteiger partial charge is 0.251 e. The first-order chi connectivity index (χ1) is 11.8. The molecule has 0 spiro atoms. The molecule has 2 aromatic carbocycles. The predicted molar refractivity (Wildman–Crippen MR) is 95.7 cm³/mol. The van der Waals surface area contributed by atoms with E-state index < -0.39 is 0 Å². The number of terminal acetylenes is 1. The fraction of sp³-hybridized carbons (Fsp3) is 0.200. The molecule has 0 atom stereocenters. The van der Waals surface area contributed by atoms with E-state index in [1.54, 1.807) is 0 Å². The summed E-state index contributed by atoms with van der Waals surface area (Å²) in [5.41, 5.74) is 2.69. The topological polar surface area (TPSA) is 46.9 Å². The minimum absolute atomic E-state index is 0.0484. The van der Waals surface area contributed by atoms with Crippen molar-refractivity contribution in [1.29, 1.82) is 0 Å². The van der Waals surface area contributed by atoms with Crippen LogP contribution in [0.3, 0.4) is 0 Å². The molecule has 0 aliphatic carbocycles. The van der Waals surface area contributed by atoms with Crippen LogP contribution in [0.15, 0.2) is 54.6 Å². The van der Waals surface area contributed by atoms with Crippen molar-refractivity contribution in [2.75, 3.05) is 6.54 Å². The van der Waals surface area contributed by atoms with E-state index in [1.165, 1.54) is 0 Å². The molecule has 0 aliphatic rings. The summed E-state index contributed by atoms with van der Waals surface area (Å²) in [6.07, 6.45) is 7.06. The number of carbonyl (C=O) groups is 1. The van der Waals surface area contributed by atoms with Gasteiger partial charge in [0.1, 0.15) is 5.82 Å². The van der Waals surface area contributed by atoms with Crippen LogP contribution < -0.4 is 5.32 Å². The molecule has 0 saturated carbocycles. The number of aromatic nitrogens is 2. The van der Waals surface area contributed by atoms with Gasteiger partial charge in [-0.2, -0.15) is 0 Å². The third-order valence-electron chi connectivity index (χ3n) is 3.88. The number of hydrogen-bond donors (Lipinski definition) is 1. The van der Waals surface area contributed by atoms with Crippen molar-refractivity contribution in [2.24, 2.45) is 0 Å². The van der Waals surface area contributed by atoms with Crippen LogP contribution in [0.25, 0.3) is 11.0 Å². The molecular formula is C20H19N3O. The quantitative estimate of drug-likeness (QED) is 0.561. The first-order valence-corrected chi connectivity index (χ1v) is 8.00. The van der Waals surface area contributed by atoms with Gasteiger partial charge in [0.25, 0.3) is 5.91 Å². The zero-order valence-electron chi connectivity index (χ0n) is 13.4. The molecule has 1 N–H and O–H groups in total. The highest BCUT2D eigenvalue weighted by Crippen LogP contribution is 2.16. The number of amides is 1. The zero-order chi connectivity index (χ0) is 16.8. The van der Waals surface area contributed by atoms with Gasteiger partial charge in [-0.1, -0.05) is 36.3 Å². The van der Waals surface area contributed by atoms with Gasteiger partial charge in [-0.05, 0) is 30.7 Å². The molecule has 1 aromatic heterocycles. The Morgan fingerprint density at radius 2 is 1.88 bits per heavy atom. The standard InChI is InChI=1S/C20H19N3O/c1-2-15-23-18-12-7-6-11-17(18)22-19(23)13-8-14-21-20(24)16-9-4-3-5-10-16/h1,3-7,9-12H,8,13-15H2,(H,21,24).